The van der Waals surface area contributed by atoms with Gasteiger partial charge in [0.1, 0.15) is 0 Å². The standard InChI is InChI=1S/2C59H36N2S2/c1-2-17-38(18-3-1)60(40-32-34-43-42-19-4-8-25-50(42)61(52(43)36-40)51-26-14-30-56-58(51)45-20-5-9-27-53(45)62-56)39-31-33-41-44-21-12-15-37-16-13-24-48(57(37)44)59(49(41)35-39)46-22-6-10-28-54(46)63-55-29-11-7-23-47(55)59;1-2-16-38(17-3-1)60(41-29-32-44-43-18-4-8-24-52(43)61(53(44)36-41)39-30-33-55-47(34-39)45-19-5-9-25-54(45)62-55)40-28-31-42-46-20-12-14-37-15-13-23-50(58(37)46)59(51(42)35-40)48-21-6-10-26-56(48)63-57-27-11-7-22-49(57)59/h2*1-36H. The zero-order chi connectivity index (χ0) is 82.5. The fraction of sp³-hybridized carbons (Fsp3) is 0.0169. The second kappa shape index (κ2) is 27.9. The van der Waals surface area contributed by atoms with Crippen molar-refractivity contribution in [2.45, 2.75) is 30.4 Å². The summed E-state index contributed by atoms with van der Waals surface area (Å²) in [4.78, 5) is 10.1. The van der Waals surface area contributed by atoms with Gasteiger partial charge in [0, 0.05) is 121 Å². The minimum atomic E-state index is -0.543. The van der Waals surface area contributed by atoms with Crippen molar-refractivity contribution >= 4 is 186 Å². The van der Waals surface area contributed by atoms with Gasteiger partial charge in [-0.2, -0.15) is 0 Å². The van der Waals surface area contributed by atoms with Crippen molar-refractivity contribution in [2.75, 3.05) is 9.80 Å². The van der Waals surface area contributed by atoms with Crippen LogP contribution in [-0.2, 0) is 10.8 Å². The first kappa shape index (κ1) is 71.8. The lowest BCUT2D eigenvalue weighted by molar-refractivity contribution is 0.707. The van der Waals surface area contributed by atoms with Crippen molar-refractivity contribution in [1.29, 1.82) is 0 Å². The first-order valence-corrected chi connectivity index (χ1v) is 46.4. The molecule has 0 bridgehead atoms. The molecule has 8 heteroatoms. The maximum absolute atomic E-state index is 2.51. The summed E-state index contributed by atoms with van der Waals surface area (Å²) in [5, 5.41) is 15.4. The highest BCUT2D eigenvalue weighted by molar-refractivity contribution is 7.99. The molecule has 126 heavy (non-hydrogen) atoms. The molecule has 4 nitrogen and oxygen atoms in total. The number of aromatic nitrogens is 2. The van der Waals surface area contributed by atoms with E-state index in [0.717, 1.165) is 39.8 Å². The molecule has 2 aliphatic carbocycles. The van der Waals surface area contributed by atoms with E-state index in [1.807, 2.05) is 46.2 Å². The minimum absolute atomic E-state index is 0.541. The van der Waals surface area contributed by atoms with Crippen LogP contribution in [0.3, 0.4) is 0 Å². The summed E-state index contributed by atoms with van der Waals surface area (Å²) in [7, 11) is 0. The summed E-state index contributed by atoms with van der Waals surface area (Å²) in [5.41, 5.74) is 28.5. The van der Waals surface area contributed by atoms with E-state index in [1.54, 1.807) is 0 Å². The van der Waals surface area contributed by atoms with Crippen molar-refractivity contribution < 1.29 is 0 Å². The number of nitrogens with zero attached hydrogens (tertiary/aromatic N) is 4. The summed E-state index contributed by atoms with van der Waals surface area (Å²) < 4.78 is 10.2. The van der Waals surface area contributed by atoms with Crippen LogP contribution in [0.1, 0.15) is 44.5 Å². The van der Waals surface area contributed by atoms with Crippen LogP contribution in [0.15, 0.2) is 456 Å². The predicted molar refractivity (Wildman–Crippen MR) is 535 cm³/mol. The van der Waals surface area contributed by atoms with Crippen molar-refractivity contribution in [3.8, 4) is 33.6 Å². The van der Waals surface area contributed by atoms with Gasteiger partial charge in [0.05, 0.1) is 38.6 Å². The Morgan fingerprint density at radius 1 is 0.198 bits per heavy atom. The van der Waals surface area contributed by atoms with Crippen molar-refractivity contribution in [3.05, 3.63) is 481 Å². The molecular weight excluding hydrogens is 1600 g/mol. The lowest BCUT2D eigenvalue weighted by Gasteiger charge is -2.46. The molecular formula is C118H72N4S4. The van der Waals surface area contributed by atoms with Gasteiger partial charge in [0.25, 0.3) is 0 Å². The minimum Gasteiger partial charge on any atom is -0.310 e. The van der Waals surface area contributed by atoms with E-state index in [0.29, 0.717) is 0 Å². The number of rotatable bonds is 8. The van der Waals surface area contributed by atoms with Gasteiger partial charge >= 0.3 is 0 Å². The number of hydrogen-bond donors (Lipinski definition) is 0. The third-order valence-electron chi connectivity index (χ3n) is 27.2. The number of thiophene rings is 2. The molecule has 6 heterocycles. The van der Waals surface area contributed by atoms with Crippen LogP contribution in [0, 0.1) is 0 Å². The molecule has 0 atom stereocenters. The molecule has 0 fully saturated rings. The molecule has 0 amide bonds. The average molecular weight is 1670 g/mol. The number of benzene rings is 20. The van der Waals surface area contributed by atoms with Crippen molar-refractivity contribution in [1.82, 2.24) is 9.13 Å². The lowest BCUT2D eigenvalue weighted by Crippen LogP contribution is -2.36. The van der Waals surface area contributed by atoms with Gasteiger partial charge < -0.3 is 18.9 Å². The lowest BCUT2D eigenvalue weighted by atomic mass is 9.59. The normalized spacial score (nSPS) is 13.5. The fourth-order valence-corrected chi connectivity index (χ4v) is 26.8. The van der Waals surface area contributed by atoms with Gasteiger partial charge in [-0.15, -0.1) is 22.7 Å². The molecule has 588 valence electrons. The first-order valence-electron chi connectivity index (χ1n) is 43.2. The number of anilines is 6. The van der Waals surface area contributed by atoms with E-state index in [-0.39, 0.29) is 0 Å². The average Bonchev–Trinajstić information content (AvgIpc) is 0.943. The van der Waals surface area contributed by atoms with Gasteiger partial charge in [-0.3, -0.25) is 0 Å². The molecule has 2 aliphatic heterocycles. The Balaban J connectivity index is 0.000000131. The number of hydrogen-bond acceptors (Lipinski definition) is 6. The molecule has 2 spiro atoms. The zero-order valence-electron chi connectivity index (χ0n) is 68.0. The van der Waals surface area contributed by atoms with E-state index in [2.05, 4.69) is 456 Å². The Hall–Kier alpha value is -14.7. The number of para-hydroxylation sites is 4. The van der Waals surface area contributed by atoms with Crippen LogP contribution in [-0.4, -0.2) is 9.13 Å². The van der Waals surface area contributed by atoms with Crippen LogP contribution in [0.2, 0.25) is 0 Å². The van der Waals surface area contributed by atoms with Crippen LogP contribution in [0.4, 0.5) is 34.1 Å². The van der Waals surface area contributed by atoms with Crippen LogP contribution < -0.4 is 9.80 Å². The highest BCUT2D eigenvalue weighted by Crippen LogP contribution is 2.65. The summed E-state index contributed by atoms with van der Waals surface area (Å²) in [6.45, 7) is 0. The third kappa shape index (κ3) is 10.3. The topological polar surface area (TPSA) is 16.3 Å². The fourth-order valence-electron chi connectivity index (χ4n) is 22.2. The van der Waals surface area contributed by atoms with Gasteiger partial charge in [-0.25, -0.2) is 0 Å². The molecule has 0 N–H and O–H groups in total. The SMILES string of the molecule is c1ccc(N(c2ccc3c(c2)C2(c4ccccc4Sc4ccccc42)c2cccc4cccc-3c24)c2ccc3c4ccccc4n(-c4ccc5sc6ccccc6c5c4)c3c2)cc1.c1ccc(N(c2ccc3c(c2)C2(c4ccccc4Sc4ccccc42)c2cccc4cccc-3c24)c2ccc3c4ccccc4n(-c4cccc5sc6ccccc6c45)c3c2)cc1. The Kier molecular flexibility index (Phi) is 15.9. The molecule has 0 saturated carbocycles. The molecule has 4 aliphatic rings. The molecule has 28 rings (SSSR count). The van der Waals surface area contributed by atoms with E-state index in [1.165, 1.54) is 198 Å². The quantitative estimate of drug-likeness (QED) is 0.151. The Labute approximate surface area is 744 Å². The van der Waals surface area contributed by atoms with Gasteiger partial charge in [0.2, 0.25) is 0 Å². The Morgan fingerprint density at radius 2 is 0.571 bits per heavy atom. The second-order valence-corrected chi connectivity index (χ2v) is 37.9. The van der Waals surface area contributed by atoms with Gasteiger partial charge in [-0.05, 0) is 240 Å². The zero-order valence-corrected chi connectivity index (χ0v) is 71.3. The third-order valence-corrected chi connectivity index (χ3v) is 31.8. The second-order valence-electron chi connectivity index (χ2n) is 33.5. The summed E-state index contributed by atoms with van der Waals surface area (Å²) >= 11 is 7.52. The number of fused-ring (bicyclic) bond motifs is 28. The maximum Gasteiger partial charge on any atom is 0.0736 e. The van der Waals surface area contributed by atoms with E-state index in [4.69, 9.17) is 0 Å². The summed E-state index contributed by atoms with van der Waals surface area (Å²) in [6.07, 6.45) is 0. The van der Waals surface area contributed by atoms with Gasteiger partial charge in [0.15, 0.2) is 0 Å². The van der Waals surface area contributed by atoms with Crippen molar-refractivity contribution in [3.63, 3.8) is 0 Å². The molecule has 20 aromatic carbocycles. The van der Waals surface area contributed by atoms with Crippen LogP contribution in [0.25, 0.3) is 139 Å². The van der Waals surface area contributed by atoms with E-state index in [9.17, 15) is 0 Å². The van der Waals surface area contributed by atoms with E-state index >= 15 is 0 Å². The van der Waals surface area contributed by atoms with Crippen molar-refractivity contribution in [2.24, 2.45) is 0 Å². The Morgan fingerprint density at radius 3 is 1.10 bits per heavy atom. The van der Waals surface area contributed by atoms with Crippen LogP contribution in [0.5, 0.6) is 0 Å². The largest absolute Gasteiger partial charge is 0.310 e. The highest BCUT2D eigenvalue weighted by Gasteiger charge is 2.51. The maximum atomic E-state index is 2.51. The Bertz CT molecular complexity index is 8620. The molecule has 0 saturated heterocycles. The summed E-state index contributed by atoms with van der Waals surface area (Å²) in [6, 6.07) is 163. The van der Waals surface area contributed by atoms with E-state index < -0.39 is 10.8 Å². The highest BCUT2D eigenvalue weighted by atomic mass is 32.2. The predicted octanol–water partition coefficient (Wildman–Crippen LogP) is 33.2. The smallest absolute Gasteiger partial charge is 0.0736 e. The molecule has 24 aromatic rings. The monoisotopic (exact) mass is 1670 g/mol. The van der Waals surface area contributed by atoms with Gasteiger partial charge in [-0.1, -0.05) is 309 Å². The first-order chi connectivity index (χ1) is 62.5. The summed E-state index contributed by atoms with van der Waals surface area (Å²) in [5.74, 6) is 0. The molecule has 4 aromatic heterocycles. The van der Waals surface area contributed by atoms with Crippen LogP contribution >= 0.6 is 46.2 Å². The molecule has 0 unspecified atom stereocenters. The molecule has 0 radical (unpaired) electrons.